The summed E-state index contributed by atoms with van der Waals surface area (Å²) in [5.41, 5.74) is 5.18. The zero-order chi connectivity index (χ0) is 15.3. The number of nitrogens with zero attached hydrogens (tertiary/aromatic N) is 3. The van der Waals surface area contributed by atoms with Crippen LogP contribution in [0.4, 0.5) is 17.1 Å². The number of rotatable bonds is 6. The molecule has 0 aliphatic carbocycles. The molecule has 1 aromatic rings. The topological polar surface area (TPSA) is 133 Å². The number of carboxylic acid groups (broad SMARTS) is 1. The molecule has 0 bridgehead atoms. The smallest absolute Gasteiger partial charge is 0.323 e. The molecule has 20 heavy (non-hydrogen) atoms. The average Bonchev–Trinajstić information content (AvgIpc) is 2.36. The second kappa shape index (κ2) is 6.38. The van der Waals surface area contributed by atoms with Crippen LogP contribution in [0.1, 0.15) is 18.9 Å². The molecule has 3 N–H and O–H groups in total. The van der Waals surface area contributed by atoms with Crippen molar-refractivity contribution in [3.05, 3.63) is 27.8 Å². The van der Waals surface area contributed by atoms with Crippen molar-refractivity contribution >= 4 is 23.0 Å². The number of nitrogen functional groups attached to an aromatic ring is 1. The maximum atomic E-state index is 10.9. The van der Waals surface area contributed by atoms with Gasteiger partial charge in [-0.05, 0) is 18.6 Å². The van der Waals surface area contributed by atoms with Crippen molar-refractivity contribution in [1.29, 1.82) is 5.26 Å². The van der Waals surface area contributed by atoms with Gasteiger partial charge in [-0.1, -0.05) is 6.92 Å². The van der Waals surface area contributed by atoms with Crippen LogP contribution in [0, 0.1) is 21.4 Å². The summed E-state index contributed by atoms with van der Waals surface area (Å²) in [7, 11) is 0. The van der Waals surface area contributed by atoms with E-state index < -0.39 is 16.6 Å². The molecule has 0 unspecified atom stereocenters. The molecular formula is C12H14N4O4. The molecule has 0 saturated carbocycles. The van der Waals surface area contributed by atoms with Crippen LogP contribution in [-0.4, -0.2) is 29.1 Å². The maximum Gasteiger partial charge on any atom is 0.323 e. The summed E-state index contributed by atoms with van der Waals surface area (Å²) in [4.78, 5) is 22.5. The van der Waals surface area contributed by atoms with E-state index in [1.54, 1.807) is 6.07 Å². The minimum atomic E-state index is -1.03. The average molecular weight is 278 g/mol. The lowest BCUT2D eigenvalue weighted by atomic mass is 10.1. The summed E-state index contributed by atoms with van der Waals surface area (Å²) >= 11 is 0. The first kappa shape index (κ1) is 15.2. The van der Waals surface area contributed by atoms with Crippen LogP contribution in [0.15, 0.2) is 12.1 Å². The van der Waals surface area contributed by atoms with Gasteiger partial charge >= 0.3 is 11.7 Å². The number of nitrogens with two attached hydrogens (primary N) is 1. The van der Waals surface area contributed by atoms with Crippen LogP contribution in [0.25, 0.3) is 0 Å². The monoisotopic (exact) mass is 278 g/mol. The second-order valence-corrected chi connectivity index (χ2v) is 4.12. The first-order chi connectivity index (χ1) is 9.40. The Morgan fingerprint density at radius 1 is 1.60 bits per heavy atom. The van der Waals surface area contributed by atoms with E-state index in [1.807, 2.05) is 6.92 Å². The van der Waals surface area contributed by atoms with Gasteiger partial charge in [-0.25, -0.2) is 0 Å². The molecule has 0 aliphatic rings. The minimum Gasteiger partial charge on any atom is -0.480 e. The summed E-state index contributed by atoms with van der Waals surface area (Å²) in [6.45, 7) is 2.04. The highest BCUT2D eigenvalue weighted by atomic mass is 16.6. The number of nitro benzene ring substituents is 1. The van der Waals surface area contributed by atoms with E-state index in [0.29, 0.717) is 18.7 Å². The highest BCUT2D eigenvalue weighted by Crippen LogP contribution is 2.31. The van der Waals surface area contributed by atoms with E-state index in [4.69, 9.17) is 16.1 Å². The Bertz CT molecular complexity index is 580. The van der Waals surface area contributed by atoms with Gasteiger partial charge in [0.1, 0.15) is 23.9 Å². The fourth-order valence-corrected chi connectivity index (χ4v) is 1.85. The van der Waals surface area contributed by atoms with Gasteiger partial charge in [0, 0.05) is 12.2 Å². The standard InChI is InChI=1S/C12H14N4O4/c1-2-3-15(7-11(17)18)9-4-8(6-13)12(16(19)20)10(14)5-9/h4-5H,2-3,7,14H2,1H3,(H,17,18). The molecule has 0 spiro atoms. The minimum absolute atomic E-state index is 0.157. The van der Waals surface area contributed by atoms with Gasteiger partial charge in [-0.15, -0.1) is 0 Å². The maximum absolute atomic E-state index is 10.9. The van der Waals surface area contributed by atoms with Crippen LogP contribution < -0.4 is 10.6 Å². The zero-order valence-electron chi connectivity index (χ0n) is 10.9. The van der Waals surface area contributed by atoms with Crippen molar-refractivity contribution in [2.75, 3.05) is 23.7 Å². The van der Waals surface area contributed by atoms with Crippen molar-refractivity contribution in [3.8, 4) is 6.07 Å². The molecule has 0 radical (unpaired) electrons. The van der Waals surface area contributed by atoms with Crippen LogP contribution in [0.5, 0.6) is 0 Å². The van der Waals surface area contributed by atoms with Crippen LogP contribution >= 0.6 is 0 Å². The summed E-state index contributed by atoms with van der Waals surface area (Å²) in [5, 5.41) is 28.7. The van der Waals surface area contributed by atoms with Crippen molar-refractivity contribution in [3.63, 3.8) is 0 Å². The van der Waals surface area contributed by atoms with E-state index in [0.717, 1.165) is 0 Å². The van der Waals surface area contributed by atoms with E-state index in [1.165, 1.54) is 17.0 Å². The van der Waals surface area contributed by atoms with Gasteiger partial charge in [0.05, 0.1) is 4.92 Å². The number of nitriles is 1. The fourth-order valence-electron chi connectivity index (χ4n) is 1.85. The Hall–Kier alpha value is -2.82. The van der Waals surface area contributed by atoms with Gasteiger partial charge in [0.2, 0.25) is 0 Å². The Balaban J connectivity index is 3.31. The van der Waals surface area contributed by atoms with Crippen molar-refractivity contribution < 1.29 is 14.8 Å². The zero-order valence-corrected chi connectivity index (χ0v) is 10.9. The molecule has 1 rings (SSSR count). The summed E-state index contributed by atoms with van der Waals surface area (Å²) in [6, 6.07) is 4.31. The molecule has 1 aromatic carbocycles. The molecule has 0 fully saturated rings. The molecule has 0 aliphatic heterocycles. The Morgan fingerprint density at radius 2 is 2.25 bits per heavy atom. The van der Waals surface area contributed by atoms with Gasteiger partial charge in [0.25, 0.3) is 0 Å². The predicted octanol–water partition coefficient (Wildman–Crippen LogP) is 1.35. The van der Waals surface area contributed by atoms with Crippen LogP contribution in [0.3, 0.4) is 0 Å². The molecule has 0 heterocycles. The number of carboxylic acids is 1. The molecule has 0 amide bonds. The molecule has 106 valence electrons. The highest BCUT2D eigenvalue weighted by Gasteiger charge is 2.21. The summed E-state index contributed by atoms with van der Waals surface area (Å²) in [5.74, 6) is -1.03. The van der Waals surface area contributed by atoms with Crippen LogP contribution in [-0.2, 0) is 4.79 Å². The number of aliphatic carboxylic acids is 1. The fraction of sp³-hybridized carbons (Fsp3) is 0.333. The van der Waals surface area contributed by atoms with Crippen molar-refractivity contribution in [1.82, 2.24) is 0 Å². The number of carbonyl (C=O) groups is 1. The van der Waals surface area contributed by atoms with Crippen LogP contribution in [0.2, 0.25) is 0 Å². The second-order valence-electron chi connectivity index (χ2n) is 4.12. The number of hydrogen-bond donors (Lipinski definition) is 2. The van der Waals surface area contributed by atoms with Crippen molar-refractivity contribution in [2.24, 2.45) is 0 Å². The third-order valence-electron chi connectivity index (χ3n) is 2.61. The van der Waals surface area contributed by atoms with E-state index >= 15 is 0 Å². The first-order valence-electron chi connectivity index (χ1n) is 5.85. The van der Waals surface area contributed by atoms with E-state index in [2.05, 4.69) is 0 Å². The highest BCUT2D eigenvalue weighted by molar-refractivity contribution is 5.77. The first-order valence-corrected chi connectivity index (χ1v) is 5.85. The molecule has 8 heteroatoms. The van der Waals surface area contributed by atoms with E-state index in [9.17, 15) is 14.9 Å². The number of benzene rings is 1. The third kappa shape index (κ3) is 3.35. The van der Waals surface area contributed by atoms with Gasteiger partial charge in [-0.3, -0.25) is 14.9 Å². The lowest BCUT2D eigenvalue weighted by Crippen LogP contribution is -2.30. The van der Waals surface area contributed by atoms with Gasteiger partial charge < -0.3 is 15.7 Å². The predicted molar refractivity (Wildman–Crippen MR) is 72.4 cm³/mol. The molecule has 8 nitrogen and oxygen atoms in total. The van der Waals surface area contributed by atoms with Gasteiger partial charge in [0.15, 0.2) is 0 Å². The van der Waals surface area contributed by atoms with E-state index in [-0.39, 0.29) is 17.8 Å². The molecule has 0 saturated heterocycles. The largest absolute Gasteiger partial charge is 0.480 e. The molecule has 0 atom stereocenters. The number of anilines is 2. The SMILES string of the molecule is CCCN(CC(=O)O)c1cc(N)c([N+](=O)[O-])c(C#N)c1. The normalized spacial score (nSPS) is 9.80. The van der Waals surface area contributed by atoms with Gasteiger partial charge in [-0.2, -0.15) is 5.26 Å². The summed E-state index contributed by atoms with van der Waals surface area (Å²) < 4.78 is 0. The Kier molecular flexibility index (Phi) is 4.86. The number of nitro groups is 1. The quantitative estimate of drug-likeness (QED) is 0.455. The Morgan fingerprint density at radius 3 is 2.70 bits per heavy atom. The molecule has 0 aromatic heterocycles. The third-order valence-corrected chi connectivity index (χ3v) is 2.61. The molecular weight excluding hydrogens is 264 g/mol. The lowest BCUT2D eigenvalue weighted by molar-refractivity contribution is -0.384. The summed E-state index contributed by atoms with van der Waals surface area (Å²) in [6.07, 6.45) is 0.687. The number of hydrogen-bond acceptors (Lipinski definition) is 6. The Labute approximate surface area is 115 Å². The lowest BCUT2D eigenvalue weighted by Gasteiger charge is -2.22. The van der Waals surface area contributed by atoms with Crippen molar-refractivity contribution in [2.45, 2.75) is 13.3 Å².